The highest BCUT2D eigenvalue weighted by atomic mass is 32.1. The number of allylic oxidation sites excluding steroid dienone is 1. The lowest BCUT2D eigenvalue weighted by atomic mass is 10.2. The van der Waals surface area contributed by atoms with Gasteiger partial charge in [-0.05, 0) is 41.1 Å². The molecule has 160 valence electrons. The number of hydrogen-bond donors (Lipinski definition) is 3. The van der Waals surface area contributed by atoms with Crippen molar-refractivity contribution in [1.29, 1.82) is 0 Å². The third-order valence-electron chi connectivity index (χ3n) is 4.47. The van der Waals surface area contributed by atoms with Crippen LogP contribution in [0.4, 0.5) is 11.4 Å². The molecular formula is C23H23N3O4S. The zero-order valence-electron chi connectivity index (χ0n) is 17.3. The number of rotatable bonds is 7. The first-order valence-electron chi connectivity index (χ1n) is 9.33. The van der Waals surface area contributed by atoms with Gasteiger partial charge < -0.3 is 25.0 Å². The van der Waals surface area contributed by atoms with Crippen molar-refractivity contribution in [2.45, 2.75) is 6.61 Å². The van der Waals surface area contributed by atoms with E-state index in [4.69, 9.17) is 4.74 Å². The Labute approximate surface area is 183 Å². The van der Waals surface area contributed by atoms with Gasteiger partial charge in [-0.1, -0.05) is 25.3 Å². The number of ether oxygens (including phenoxy) is 1. The fraction of sp³-hybridized carbons (Fsp3) is 0.130. The number of aryl methyl sites for hydroxylation is 1. The number of anilines is 2. The third kappa shape index (κ3) is 5.30. The van der Waals surface area contributed by atoms with Gasteiger partial charge in [0.1, 0.15) is 10.6 Å². The minimum absolute atomic E-state index is 0.0448. The number of amides is 1. The van der Waals surface area contributed by atoms with E-state index in [0.717, 1.165) is 16.9 Å². The van der Waals surface area contributed by atoms with E-state index in [1.807, 2.05) is 24.3 Å². The van der Waals surface area contributed by atoms with Crippen molar-refractivity contribution in [3.05, 3.63) is 80.8 Å². The lowest BCUT2D eigenvalue weighted by Gasteiger charge is -2.05. The Morgan fingerprint density at radius 1 is 1.26 bits per heavy atom. The Kier molecular flexibility index (Phi) is 6.74. The van der Waals surface area contributed by atoms with Gasteiger partial charge >= 0.3 is 5.97 Å². The molecule has 7 nitrogen and oxygen atoms in total. The van der Waals surface area contributed by atoms with E-state index in [1.54, 1.807) is 36.0 Å². The Hall–Kier alpha value is -3.62. The number of hydrogen-bond acceptors (Lipinski definition) is 6. The van der Waals surface area contributed by atoms with E-state index in [0.29, 0.717) is 26.0 Å². The minimum Gasteiger partial charge on any atom is -0.465 e. The number of aliphatic hydroxyl groups is 1. The zero-order chi connectivity index (χ0) is 22.5. The van der Waals surface area contributed by atoms with Crippen LogP contribution in [0.3, 0.4) is 0 Å². The average Bonchev–Trinajstić information content (AvgIpc) is 3.29. The molecule has 0 radical (unpaired) electrons. The number of aromatic nitrogens is 1. The molecule has 0 aliphatic carbocycles. The molecule has 0 unspecified atom stereocenters. The Bertz CT molecular complexity index is 1260. The number of thiophene rings is 1. The standard InChI is InChI=1S/C23H23N3O4S/c1-14(8-17-10-21(23(29)30-4)31-15(17)2)24-22(28)20-11-19(12-26(20)3)25-18-7-5-6-16(9-18)13-27/h5-12,25,27H,1-2,13H2,3-4H3,(H,24,28)/b17-8-. The highest BCUT2D eigenvalue weighted by Gasteiger charge is 2.13. The molecule has 0 spiro atoms. The van der Waals surface area contributed by atoms with Gasteiger partial charge in [0.25, 0.3) is 5.91 Å². The van der Waals surface area contributed by atoms with Crippen LogP contribution >= 0.6 is 11.3 Å². The van der Waals surface area contributed by atoms with Crippen LogP contribution in [0.15, 0.2) is 54.9 Å². The maximum absolute atomic E-state index is 12.7. The summed E-state index contributed by atoms with van der Waals surface area (Å²) < 4.78 is 7.09. The highest BCUT2D eigenvalue weighted by molar-refractivity contribution is 7.11. The molecular weight excluding hydrogens is 414 g/mol. The van der Waals surface area contributed by atoms with E-state index in [1.165, 1.54) is 18.4 Å². The van der Waals surface area contributed by atoms with E-state index < -0.39 is 5.97 Å². The molecule has 0 bridgehead atoms. The molecule has 1 aromatic carbocycles. The van der Waals surface area contributed by atoms with Gasteiger partial charge in [0.2, 0.25) is 0 Å². The lowest BCUT2D eigenvalue weighted by molar-refractivity contribution is 0.0606. The van der Waals surface area contributed by atoms with Gasteiger partial charge in [-0.15, -0.1) is 11.3 Å². The summed E-state index contributed by atoms with van der Waals surface area (Å²) in [5.41, 5.74) is 3.14. The molecule has 8 heteroatoms. The summed E-state index contributed by atoms with van der Waals surface area (Å²) in [4.78, 5) is 24.8. The lowest BCUT2D eigenvalue weighted by Crippen LogP contribution is -2.25. The van der Waals surface area contributed by atoms with Crippen LogP contribution < -0.4 is 20.4 Å². The summed E-state index contributed by atoms with van der Waals surface area (Å²) in [5, 5.41) is 15.9. The van der Waals surface area contributed by atoms with Crippen LogP contribution in [0.25, 0.3) is 12.7 Å². The molecule has 2 heterocycles. The highest BCUT2D eigenvalue weighted by Crippen LogP contribution is 2.20. The van der Waals surface area contributed by atoms with Gasteiger partial charge in [-0.3, -0.25) is 4.79 Å². The smallest absolute Gasteiger partial charge is 0.348 e. The van der Waals surface area contributed by atoms with E-state index in [9.17, 15) is 14.7 Å². The molecule has 0 fully saturated rings. The van der Waals surface area contributed by atoms with Crippen molar-refractivity contribution in [3.8, 4) is 0 Å². The molecule has 0 saturated carbocycles. The van der Waals surface area contributed by atoms with Gasteiger partial charge in [0, 0.05) is 29.2 Å². The summed E-state index contributed by atoms with van der Waals surface area (Å²) in [6, 6.07) is 10.8. The maximum atomic E-state index is 12.7. The maximum Gasteiger partial charge on any atom is 0.348 e. The normalized spacial score (nSPS) is 11.3. The average molecular weight is 438 g/mol. The first-order chi connectivity index (χ1) is 14.8. The molecule has 3 aromatic rings. The first kappa shape index (κ1) is 22.1. The Morgan fingerprint density at radius 2 is 2.03 bits per heavy atom. The van der Waals surface area contributed by atoms with Crippen molar-refractivity contribution in [3.63, 3.8) is 0 Å². The first-order valence-corrected chi connectivity index (χ1v) is 10.1. The number of aliphatic hydroxyl groups excluding tert-OH is 1. The zero-order valence-corrected chi connectivity index (χ0v) is 18.1. The molecule has 0 saturated heterocycles. The number of carbonyl (C=O) groups is 2. The predicted octanol–water partition coefficient (Wildman–Crippen LogP) is 2.24. The van der Waals surface area contributed by atoms with Gasteiger partial charge in [-0.25, -0.2) is 4.79 Å². The summed E-state index contributed by atoms with van der Waals surface area (Å²) >= 11 is 1.21. The van der Waals surface area contributed by atoms with Crippen molar-refractivity contribution >= 4 is 47.2 Å². The quantitative estimate of drug-likeness (QED) is 0.493. The molecule has 3 N–H and O–H groups in total. The van der Waals surface area contributed by atoms with Crippen LogP contribution in [0.2, 0.25) is 0 Å². The van der Waals surface area contributed by atoms with E-state index in [2.05, 4.69) is 23.8 Å². The largest absolute Gasteiger partial charge is 0.465 e. The molecule has 3 rings (SSSR count). The van der Waals surface area contributed by atoms with Crippen LogP contribution in [-0.4, -0.2) is 28.7 Å². The number of methoxy groups -OCH3 is 1. The van der Waals surface area contributed by atoms with Crippen molar-refractivity contribution in [2.75, 3.05) is 12.4 Å². The molecule has 0 atom stereocenters. The fourth-order valence-electron chi connectivity index (χ4n) is 2.97. The number of nitrogens with one attached hydrogen (secondary N) is 2. The Balaban J connectivity index is 1.73. The predicted molar refractivity (Wildman–Crippen MR) is 123 cm³/mol. The van der Waals surface area contributed by atoms with E-state index in [-0.39, 0.29) is 12.5 Å². The second-order valence-corrected chi connectivity index (χ2v) is 7.95. The molecule has 0 aliphatic rings. The second-order valence-electron chi connectivity index (χ2n) is 6.81. The number of benzene rings is 1. The molecule has 2 aromatic heterocycles. The van der Waals surface area contributed by atoms with Crippen LogP contribution in [0, 0.1) is 0 Å². The fourth-order valence-corrected chi connectivity index (χ4v) is 3.83. The van der Waals surface area contributed by atoms with Gasteiger partial charge in [0.15, 0.2) is 0 Å². The van der Waals surface area contributed by atoms with Gasteiger partial charge in [0.05, 0.1) is 19.4 Å². The second kappa shape index (κ2) is 9.46. The topological polar surface area (TPSA) is 92.6 Å². The number of esters is 1. The molecule has 1 amide bonds. The summed E-state index contributed by atoms with van der Waals surface area (Å²) in [6.45, 7) is 7.75. The summed E-state index contributed by atoms with van der Waals surface area (Å²) in [6.07, 6.45) is 3.45. The Morgan fingerprint density at radius 3 is 2.74 bits per heavy atom. The van der Waals surface area contributed by atoms with Crippen molar-refractivity contribution in [1.82, 2.24) is 9.88 Å². The van der Waals surface area contributed by atoms with Crippen LogP contribution in [0.1, 0.15) is 25.7 Å². The number of nitrogens with zero attached hydrogens (tertiary/aromatic N) is 1. The van der Waals surface area contributed by atoms with Crippen LogP contribution in [-0.2, 0) is 18.4 Å². The molecule has 0 aliphatic heterocycles. The van der Waals surface area contributed by atoms with Crippen LogP contribution in [0.5, 0.6) is 0 Å². The summed E-state index contributed by atoms with van der Waals surface area (Å²) in [5.74, 6) is -0.757. The van der Waals surface area contributed by atoms with Crippen molar-refractivity contribution < 1.29 is 19.4 Å². The molecule has 31 heavy (non-hydrogen) atoms. The van der Waals surface area contributed by atoms with Gasteiger partial charge in [-0.2, -0.15) is 0 Å². The monoisotopic (exact) mass is 437 g/mol. The van der Waals surface area contributed by atoms with Crippen molar-refractivity contribution in [2.24, 2.45) is 7.05 Å². The van der Waals surface area contributed by atoms with E-state index >= 15 is 0 Å². The third-order valence-corrected chi connectivity index (χ3v) is 5.45. The SMILES string of the molecule is C=C(/C=c1/cc(C(=O)OC)sc1=C)NC(=O)c1cc(Nc2cccc(CO)c2)cn1C. The number of carbonyl (C=O) groups excluding carboxylic acids is 2. The summed E-state index contributed by atoms with van der Waals surface area (Å²) in [7, 11) is 3.09. The minimum atomic E-state index is -0.433.